The van der Waals surface area contributed by atoms with Crippen LogP contribution in [0, 0.1) is 6.92 Å². The molecule has 0 aliphatic heterocycles. The first-order valence-corrected chi connectivity index (χ1v) is 5.71. The summed E-state index contributed by atoms with van der Waals surface area (Å²) in [6, 6.07) is 3.79. The number of ketones is 1. The van der Waals surface area contributed by atoms with Crippen molar-refractivity contribution in [3.8, 4) is 11.3 Å². The van der Waals surface area contributed by atoms with Gasteiger partial charge in [0.2, 0.25) is 0 Å². The standard InChI is InChI=1S/C12H12ClN3O/c1-8-11(10(17)6-13)15-16(2)12(8)9-4-3-5-14-7-9/h3-5,7H,6H2,1-2H3. The summed E-state index contributed by atoms with van der Waals surface area (Å²) in [4.78, 5) is 15.7. The van der Waals surface area contributed by atoms with E-state index in [0.29, 0.717) is 5.69 Å². The number of pyridine rings is 1. The lowest BCUT2D eigenvalue weighted by Gasteiger charge is -2.02. The van der Waals surface area contributed by atoms with Crippen molar-refractivity contribution >= 4 is 17.4 Å². The van der Waals surface area contributed by atoms with Crippen molar-refractivity contribution in [2.75, 3.05) is 5.88 Å². The maximum atomic E-state index is 11.6. The molecule has 0 unspecified atom stereocenters. The van der Waals surface area contributed by atoms with Gasteiger partial charge in [-0.05, 0) is 19.1 Å². The fourth-order valence-electron chi connectivity index (χ4n) is 1.86. The third-order valence-electron chi connectivity index (χ3n) is 2.60. The Balaban J connectivity index is 2.57. The van der Waals surface area contributed by atoms with Gasteiger partial charge in [0.1, 0.15) is 5.69 Å². The van der Waals surface area contributed by atoms with E-state index in [9.17, 15) is 4.79 Å². The van der Waals surface area contributed by atoms with Crippen molar-refractivity contribution in [2.45, 2.75) is 6.92 Å². The van der Waals surface area contributed by atoms with Gasteiger partial charge in [-0.1, -0.05) is 0 Å². The smallest absolute Gasteiger partial charge is 0.198 e. The molecule has 2 rings (SSSR count). The Hall–Kier alpha value is -1.68. The molecule has 0 aromatic carbocycles. The summed E-state index contributed by atoms with van der Waals surface area (Å²) in [5.74, 6) is -0.209. The van der Waals surface area contributed by atoms with Gasteiger partial charge in [-0.25, -0.2) is 0 Å². The summed E-state index contributed by atoms with van der Waals surface area (Å²) in [5.41, 5.74) is 3.10. The van der Waals surface area contributed by atoms with Crippen LogP contribution in [0.25, 0.3) is 11.3 Å². The number of hydrogen-bond donors (Lipinski definition) is 0. The molecule has 2 heterocycles. The second-order valence-corrected chi connectivity index (χ2v) is 4.01. The molecule has 2 aromatic rings. The van der Waals surface area contributed by atoms with Crippen LogP contribution in [-0.2, 0) is 7.05 Å². The lowest BCUT2D eigenvalue weighted by Crippen LogP contribution is -2.03. The van der Waals surface area contributed by atoms with Gasteiger partial charge in [-0.2, -0.15) is 5.10 Å². The van der Waals surface area contributed by atoms with Crippen LogP contribution in [0.15, 0.2) is 24.5 Å². The summed E-state index contributed by atoms with van der Waals surface area (Å²) in [6.07, 6.45) is 3.46. The van der Waals surface area contributed by atoms with E-state index in [4.69, 9.17) is 11.6 Å². The van der Waals surface area contributed by atoms with Crippen molar-refractivity contribution in [3.63, 3.8) is 0 Å². The first-order chi connectivity index (χ1) is 8.15. The highest BCUT2D eigenvalue weighted by Gasteiger charge is 2.18. The van der Waals surface area contributed by atoms with Crippen LogP contribution < -0.4 is 0 Å². The third-order valence-corrected chi connectivity index (χ3v) is 2.85. The lowest BCUT2D eigenvalue weighted by atomic mass is 10.1. The second-order valence-electron chi connectivity index (χ2n) is 3.74. The van der Waals surface area contributed by atoms with E-state index in [1.807, 2.05) is 19.1 Å². The quantitative estimate of drug-likeness (QED) is 0.619. The summed E-state index contributed by atoms with van der Waals surface area (Å²) in [7, 11) is 1.81. The summed E-state index contributed by atoms with van der Waals surface area (Å²) in [6.45, 7) is 1.87. The summed E-state index contributed by atoms with van der Waals surface area (Å²) in [5, 5.41) is 4.21. The zero-order valence-electron chi connectivity index (χ0n) is 9.64. The molecular formula is C12H12ClN3O. The molecule has 0 atom stereocenters. The molecule has 0 aliphatic carbocycles. The Morgan fingerprint density at radius 3 is 2.88 bits per heavy atom. The van der Waals surface area contributed by atoms with Gasteiger partial charge in [0.05, 0.1) is 11.6 Å². The SMILES string of the molecule is Cc1c(C(=O)CCl)nn(C)c1-c1cccnc1. The first-order valence-electron chi connectivity index (χ1n) is 5.18. The highest BCUT2D eigenvalue weighted by Crippen LogP contribution is 2.24. The van der Waals surface area contributed by atoms with Crippen LogP contribution >= 0.6 is 11.6 Å². The number of aryl methyl sites for hydroxylation is 1. The fraction of sp³-hybridized carbons (Fsp3) is 0.250. The van der Waals surface area contributed by atoms with Crippen molar-refractivity contribution in [1.82, 2.24) is 14.8 Å². The van der Waals surface area contributed by atoms with E-state index < -0.39 is 0 Å². The van der Waals surface area contributed by atoms with Crippen molar-refractivity contribution in [3.05, 3.63) is 35.8 Å². The lowest BCUT2D eigenvalue weighted by molar-refractivity contribution is 0.101. The van der Waals surface area contributed by atoms with Crippen LogP contribution in [0.4, 0.5) is 0 Å². The van der Waals surface area contributed by atoms with E-state index in [2.05, 4.69) is 10.1 Å². The fourth-order valence-corrected chi connectivity index (χ4v) is 1.99. The summed E-state index contributed by atoms with van der Waals surface area (Å²) < 4.78 is 1.69. The van der Waals surface area contributed by atoms with Gasteiger partial charge in [0.25, 0.3) is 0 Å². The van der Waals surface area contributed by atoms with Gasteiger partial charge in [0.15, 0.2) is 5.78 Å². The van der Waals surface area contributed by atoms with Crippen LogP contribution in [0.2, 0.25) is 0 Å². The molecule has 88 valence electrons. The number of carbonyl (C=O) groups is 1. The van der Waals surface area contributed by atoms with Gasteiger partial charge in [-0.3, -0.25) is 14.5 Å². The molecule has 17 heavy (non-hydrogen) atoms. The molecule has 0 saturated carbocycles. The molecule has 2 aromatic heterocycles. The van der Waals surface area contributed by atoms with E-state index in [1.165, 1.54) is 0 Å². The van der Waals surface area contributed by atoms with Crippen LogP contribution in [0.5, 0.6) is 0 Å². The van der Waals surface area contributed by atoms with Crippen LogP contribution in [0.3, 0.4) is 0 Å². The Labute approximate surface area is 104 Å². The molecule has 4 nitrogen and oxygen atoms in total. The molecule has 0 saturated heterocycles. The van der Waals surface area contributed by atoms with Gasteiger partial charge < -0.3 is 0 Å². The number of hydrogen-bond acceptors (Lipinski definition) is 3. The number of alkyl halides is 1. The maximum Gasteiger partial charge on any atom is 0.198 e. The van der Waals surface area contributed by atoms with Crippen LogP contribution in [0.1, 0.15) is 16.1 Å². The normalized spacial score (nSPS) is 10.5. The minimum Gasteiger partial charge on any atom is -0.291 e. The average molecular weight is 250 g/mol. The van der Waals surface area contributed by atoms with Crippen molar-refractivity contribution < 1.29 is 4.79 Å². The first kappa shape index (κ1) is 11.8. The molecule has 0 aliphatic rings. The van der Waals surface area contributed by atoms with E-state index in [0.717, 1.165) is 16.8 Å². The number of Topliss-reactive ketones (excluding diaryl/α,β-unsaturated/α-hetero) is 1. The Kier molecular flexibility index (Phi) is 3.24. The monoisotopic (exact) mass is 249 g/mol. The zero-order chi connectivity index (χ0) is 12.4. The zero-order valence-corrected chi connectivity index (χ0v) is 10.4. The van der Waals surface area contributed by atoms with E-state index >= 15 is 0 Å². The highest BCUT2D eigenvalue weighted by molar-refractivity contribution is 6.30. The molecule has 0 bridgehead atoms. The largest absolute Gasteiger partial charge is 0.291 e. The second kappa shape index (κ2) is 4.67. The molecular weight excluding hydrogens is 238 g/mol. The minimum atomic E-state index is -0.157. The molecule has 0 fully saturated rings. The molecule has 0 radical (unpaired) electrons. The minimum absolute atomic E-state index is 0.0513. The predicted octanol–water partition coefficient (Wildman–Crippen LogP) is 2.21. The highest BCUT2D eigenvalue weighted by atomic mass is 35.5. The average Bonchev–Trinajstić information content (AvgIpc) is 2.65. The van der Waals surface area contributed by atoms with Crippen LogP contribution in [-0.4, -0.2) is 26.4 Å². The van der Waals surface area contributed by atoms with Gasteiger partial charge in [-0.15, -0.1) is 11.6 Å². The topological polar surface area (TPSA) is 47.8 Å². The molecule has 0 amide bonds. The summed E-state index contributed by atoms with van der Waals surface area (Å²) >= 11 is 5.55. The van der Waals surface area contributed by atoms with Gasteiger partial charge in [0, 0.05) is 30.6 Å². The number of carbonyl (C=O) groups excluding carboxylic acids is 1. The van der Waals surface area contributed by atoms with Crippen molar-refractivity contribution in [2.24, 2.45) is 7.05 Å². The number of aromatic nitrogens is 3. The molecule has 0 spiro atoms. The Morgan fingerprint density at radius 1 is 1.53 bits per heavy atom. The Bertz CT molecular complexity index is 548. The van der Waals surface area contributed by atoms with E-state index in [1.54, 1.807) is 24.1 Å². The molecule has 0 N–H and O–H groups in total. The van der Waals surface area contributed by atoms with Crippen molar-refractivity contribution in [1.29, 1.82) is 0 Å². The maximum absolute atomic E-state index is 11.6. The number of nitrogens with zero attached hydrogens (tertiary/aromatic N) is 3. The van der Waals surface area contributed by atoms with Gasteiger partial charge >= 0.3 is 0 Å². The Morgan fingerprint density at radius 2 is 2.29 bits per heavy atom. The number of rotatable bonds is 3. The number of halogens is 1. The van der Waals surface area contributed by atoms with E-state index in [-0.39, 0.29) is 11.7 Å². The predicted molar refractivity (Wildman–Crippen MR) is 66.2 cm³/mol. The molecule has 5 heteroatoms. The third kappa shape index (κ3) is 2.08.